The predicted octanol–water partition coefficient (Wildman–Crippen LogP) is 4.32. The van der Waals surface area contributed by atoms with Gasteiger partial charge in [-0.15, -0.1) is 0 Å². The van der Waals surface area contributed by atoms with Gasteiger partial charge in [0.2, 0.25) is 0 Å². The van der Waals surface area contributed by atoms with Crippen molar-refractivity contribution in [3.05, 3.63) is 29.8 Å². The minimum absolute atomic E-state index is 0.757. The molecule has 3 nitrogen and oxygen atoms in total. The lowest BCUT2D eigenvalue weighted by molar-refractivity contribution is 0.148. The summed E-state index contributed by atoms with van der Waals surface area (Å²) in [6.45, 7) is 9.24. The number of rotatable bonds is 7. The van der Waals surface area contributed by atoms with Crippen LogP contribution in [0.15, 0.2) is 24.3 Å². The first kappa shape index (κ1) is 17.8. The van der Waals surface area contributed by atoms with Crippen molar-refractivity contribution in [3.63, 3.8) is 0 Å². The van der Waals surface area contributed by atoms with Gasteiger partial charge in [-0.2, -0.15) is 0 Å². The van der Waals surface area contributed by atoms with E-state index in [1.807, 2.05) is 0 Å². The summed E-state index contributed by atoms with van der Waals surface area (Å²) in [5.74, 6) is 1.02. The quantitative estimate of drug-likeness (QED) is 0.693. The molecule has 0 N–H and O–H groups in total. The Balaban J connectivity index is 1.35. The monoisotopic (exact) mass is 330 g/mol. The Bertz CT molecular complexity index is 467. The Labute approximate surface area is 148 Å². The van der Waals surface area contributed by atoms with E-state index in [0.717, 1.165) is 31.4 Å². The third kappa shape index (κ3) is 5.49. The van der Waals surface area contributed by atoms with Crippen molar-refractivity contribution in [3.8, 4) is 5.75 Å². The minimum Gasteiger partial charge on any atom is -0.494 e. The molecular formula is C21H34N2O. The maximum Gasteiger partial charge on any atom is 0.119 e. The highest BCUT2D eigenvalue weighted by atomic mass is 16.5. The van der Waals surface area contributed by atoms with Crippen molar-refractivity contribution in [2.45, 2.75) is 64.5 Å². The van der Waals surface area contributed by atoms with Gasteiger partial charge in [0.1, 0.15) is 5.75 Å². The van der Waals surface area contributed by atoms with Gasteiger partial charge in [0.25, 0.3) is 0 Å². The summed E-state index contributed by atoms with van der Waals surface area (Å²) in [6, 6.07) is 9.51. The Morgan fingerprint density at radius 3 is 2.46 bits per heavy atom. The van der Waals surface area contributed by atoms with Gasteiger partial charge in [-0.1, -0.05) is 25.0 Å². The van der Waals surface area contributed by atoms with Crippen LogP contribution in [0.3, 0.4) is 0 Å². The van der Waals surface area contributed by atoms with Crippen molar-refractivity contribution in [1.29, 1.82) is 0 Å². The number of piperidine rings is 2. The fraction of sp³-hybridized carbons (Fsp3) is 0.714. The summed E-state index contributed by atoms with van der Waals surface area (Å²) in [4.78, 5) is 5.19. The van der Waals surface area contributed by atoms with E-state index in [-0.39, 0.29) is 0 Å². The van der Waals surface area contributed by atoms with Crippen LogP contribution < -0.4 is 4.74 Å². The van der Waals surface area contributed by atoms with Crippen molar-refractivity contribution in [2.75, 3.05) is 32.8 Å². The number of ether oxygens (including phenoxy) is 1. The molecule has 0 spiro atoms. The van der Waals surface area contributed by atoms with Gasteiger partial charge in [-0.25, -0.2) is 0 Å². The molecule has 1 aromatic rings. The third-order valence-corrected chi connectivity index (χ3v) is 5.58. The topological polar surface area (TPSA) is 15.7 Å². The standard InChI is InChI=1S/C21H34N2O/c1-19-8-3-6-15-23(19)16-7-17-24-21-11-9-20(10-12-21)18-22-13-4-2-5-14-22/h9-12,19H,2-8,13-18H2,1H3. The van der Waals surface area contributed by atoms with E-state index in [9.17, 15) is 0 Å². The minimum atomic E-state index is 0.757. The highest BCUT2D eigenvalue weighted by Gasteiger charge is 2.17. The first-order valence-electron chi connectivity index (χ1n) is 9.99. The lowest BCUT2D eigenvalue weighted by Gasteiger charge is -2.33. The number of nitrogens with zero attached hydrogens (tertiary/aromatic N) is 2. The first-order valence-corrected chi connectivity index (χ1v) is 9.99. The summed E-state index contributed by atoms with van der Waals surface area (Å²) < 4.78 is 5.94. The second-order valence-corrected chi connectivity index (χ2v) is 7.56. The molecule has 2 heterocycles. The van der Waals surface area contributed by atoms with Crippen LogP contribution in [-0.4, -0.2) is 48.6 Å². The number of hydrogen-bond acceptors (Lipinski definition) is 3. The zero-order chi connectivity index (χ0) is 16.6. The molecule has 0 bridgehead atoms. The van der Waals surface area contributed by atoms with E-state index in [1.165, 1.54) is 70.3 Å². The molecule has 2 aliphatic rings. The molecule has 0 aromatic heterocycles. The second-order valence-electron chi connectivity index (χ2n) is 7.56. The van der Waals surface area contributed by atoms with Crippen molar-refractivity contribution in [1.82, 2.24) is 9.80 Å². The fourth-order valence-corrected chi connectivity index (χ4v) is 4.01. The lowest BCUT2D eigenvalue weighted by atomic mass is 10.0. The average Bonchev–Trinajstić information content (AvgIpc) is 2.62. The maximum absolute atomic E-state index is 5.94. The van der Waals surface area contributed by atoms with Crippen LogP contribution in [0.1, 0.15) is 57.4 Å². The van der Waals surface area contributed by atoms with Gasteiger partial charge in [0.05, 0.1) is 6.61 Å². The van der Waals surface area contributed by atoms with E-state index in [1.54, 1.807) is 0 Å². The van der Waals surface area contributed by atoms with Gasteiger partial charge in [0.15, 0.2) is 0 Å². The van der Waals surface area contributed by atoms with Crippen LogP contribution in [0.25, 0.3) is 0 Å². The van der Waals surface area contributed by atoms with Crippen LogP contribution in [0, 0.1) is 0 Å². The van der Waals surface area contributed by atoms with Gasteiger partial charge >= 0.3 is 0 Å². The smallest absolute Gasteiger partial charge is 0.119 e. The molecule has 3 heteroatoms. The Kier molecular flexibility index (Phi) is 6.98. The maximum atomic E-state index is 5.94. The van der Waals surface area contributed by atoms with Crippen molar-refractivity contribution in [2.24, 2.45) is 0 Å². The SMILES string of the molecule is CC1CCCCN1CCCOc1ccc(CN2CCCCC2)cc1. The van der Waals surface area contributed by atoms with Crippen LogP contribution in [0.5, 0.6) is 5.75 Å². The molecule has 1 aromatic carbocycles. The lowest BCUT2D eigenvalue weighted by Crippen LogP contribution is -2.38. The Morgan fingerprint density at radius 2 is 1.71 bits per heavy atom. The van der Waals surface area contributed by atoms with Crippen molar-refractivity contribution < 1.29 is 4.74 Å². The third-order valence-electron chi connectivity index (χ3n) is 5.58. The molecule has 0 radical (unpaired) electrons. The fourth-order valence-electron chi connectivity index (χ4n) is 4.01. The van der Waals surface area contributed by atoms with E-state index < -0.39 is 0 Å². The van der Waals surface area contributed by atoms with Crippen LogP contribution in [-0.2, 0) is 6.54 Å². The van der Waals surface area contributed by atoms with Gasteiger partial charge in [-0.05, 0) is 76.4 Å². The summed E-state index contributed by atoms with van der Waals surface area (Å²) in [6.07, 6.45) is 9.37. The van der Waals surface area contributed by atoms with Gasteiger partial charge in [-0.3, -0.25) is 4.90 Å². The van der Waals surface area contributed by atoms with E-state index >= 15 is 0 Å². The van der Waals surface area contributed by atoms with Crippen LogP contribution >= 0.6 is 0 Å². The van der Waals surface area contributed by atoms with Gasteiger partial charge in [0, 0.05) is 19.1 Å². The molecule has 2 aliphatic heterocycles. The highest BCUT2D eigenvalue weighted by Crippen LogP contribution is 2.18. The van der Waals surface area contributed by atoms with Crippen LogP contribution in [0.4, 0.5) is 0 Å². The molecular weight excluding hydrogens is 296 g/mol. The molecule has 0 saturated carbocycles. The molecule has 134 valence electrons. The highest BCUT2D eigenvalue weighted by molar-refractivity contribution is 5.27. The van der Waals surface area contributed by atoms with E-state index in [2.05, 4.69) is 41.0 Å². The Morgan fingerprint density at radius 1 is 0.958 bits per heavy atom. The molecule has 1 unspecified atom stereocenters. The van der Waals surface area contributed by atoms with E-state index in [4.69, 9.17) is 4.74 Å². The molecule has 1 atom stereocenters. The molecule has 3 rings (SSSR count). The predicted molar refractivity (Wildman–Crippen MR) is 101 cm³/mol. The van der Waals surface area contributed by atoms with Crippen molar-refractivity contribution >= 4 is 0 Å². The van der Waals surface area contributed by atoms with E-state index in [0.29, 0.717) is 0 Å². The molecule has 24 heavy (non-hydrogen) atoms. The zero-order valence-corrected chi connectivity index (χ0v) is 15.4. The molecule has 0 amide bonds. The molecule has 2 fully saturated rings. The van der Waals surface area contributed by atoms with Crippen LogP contribution in [0.2, 0.25) is 0 Å². The molecule has 0 aliphatic carbocycles. The molecule has 2 saturated heterocycles. The zero-order valence-electron chi connectivity index (χ0n) is 15.4. The summed E-state index contributed by atoms with van der Waals surface area (Å²) in [5.41, 5.74) is 1.41. The number of benzene rings is 1. The normalized spacial score (nSPS) is 23.3. The number of likely N-dealkylation sites (tertiary alicyclic amines) is 2. The second kappa shape index (κ2) is 9.43. The summed E-state index contributed by atoms with van der Waals surface area (Å²) >= 11 is 0. The average molecular weight is 331 g/mol. The summed E-state index contributed by atoms with van der Waals surface area (Å²) in [7, 11) is 0. The number of hydrogen-bond donors (Lipinski definition) is 0. The first-order chi connectivity index (χ1) is 11.8. The Hall–Kier alpha value is -1.06. The van der Waals surface area contributed by atoms with Gasteiger partial charge < -0.3 is 9.64 Å². The summed E-state index contributed by atoms with van der Waals surface area (Å²) in [5, 5.41) is 0. The largest absolute Gasteiger partial charge is 0.494 e.